The third-order valence-corrected chi connectivity index (χ3v) is 6.34. The van der Waals surface area contributed by atoms with E-state index in [4.69, 9.17) is 0 Å². The van der Waals surface area contributed by atoms with Crippen molar-refractivity contribution in [3.05, 3.63) is 88.3 Å². The Morgan fingerprint density at radius 1 is 1.00 bits per heavy atom. The minimum absolute atomic E-state index is 0.269. The summed E-state index contributed by atoms with van der Waals surface area (Å²) in [4.78, 5) is 0. The van der Waals surface area contributed by atoms with Gasteiger partial charge in [-0.05, 0) is 74.5 Å². The SMILES string of the molecule is C=C(/C=C\CC)C1CCC(c2cc(C)c(C(F)(F)Oc3cc(F)c(F)c(F)c3)c(C)c2)CC1. The van der Waals surface area contributed by atoms with Gasteiger partial charge in [0.05, 0.1) is 5.56 Å². The molecule has 6 heteroatoms. The largest absolute Gasteiger partial charge is 0.429 e. The zero-order valence-electron chi connectivity index (χ0n) is 19.2. The maximum Gasteiger partial charge on any atom is 0.427 e. The van der Waals surface area contributed by atoms with Gasteiger partial charge in [0, 0.05) is 12.1 Å². The Balaban J connectivity index is 1.77. The van der Waals surface area contributed by atoms with Crippen molar-refractivity contribution in [3.63, 3.8) is 0 Å². The summed E-state index contributed by atoms with van der Waals surface area (Å²) in [6, 6.07) is 4.30. The zero-order valence-corrected chi connectivity index (χ0v) is 19.2. The first-order chi connectivity index (χ1) is 15.5. The highest BCUT2D eigenvalue weighted by Gasteiger charge is 2.39. The van der Waals surface area contributed by atoms with Crippen LogP contribution in [0.5, 0.6) is 5.75 Å². The Bertz CT molecular complexity index is 1000. The molecule has 2 aromatic rings. The van der Waals surface area contributed by atoms with Gasteiger partial charge in [-0.2, -0.15) is 8.78 Å². The van der Waals surface area contributed by atoms with Crippen LogP contribution in [0.25, 0.3) is 0 Å². The topological polar surface area (TPSA) is 9.23 Å². The monoisotopic (exact) mass is 464 g/mol. The molecular weight excluding hydrogens is 435 g/mol. The van der Waals surface area contributed by atoms with Crippen molar-refractivity contribution < 1.29 is 26.7 Å². The van der Waals surface area contributed by atoms with Gasteiger partial charge in [-0.3, -0.25) is 0 Å². The standard InChI is InChI=1S/C27H29F5O/c1-5-6-7-16(2)19-8-10-20(11-9-19)21-12-17(3)25(18(4)13-21)27(31,32)33-22-14-23(28)26(30)24(29)15-22/h6-7,12-15,19-20H,2,5,8-11H2,1,3-4H3/b7-6-. The fourth-order valence-corrected chi connectivity index (χ4v) is 4.68. The summed E-state index contributed by atoms with van der Waals surface area (Å²) in [5.74, 6) is -4.98. The Kier molecular flexibility index (Phi) is 7.65. The molecule has 0 atom stereocenters. The Morgan fingerprint density at radius 2 is 1.55 bits per heavy atom. The fraction of sp³-hybridized carbons (Fsp3) is 0.407. The van der Waals surface area contributed by atoms with Gasteiger partial charge in [-0.25, -0.2) is 13.2 Å². The van der Waals surface area contributed by atoms with E-state index in [1.807, 2.05) is 0 Å². The second-order valence-corrected chi connectivity index (χ2v) is 8.78. The van der Waals surface area contributed by atoms with E-state index in [0.29, 0.717) is 29.2 Å². The molecule has 1 aliphatic carbocycles. The van der Waals surface area contributed by atoms with Gasteiger partial charge < -0.3 is 4.74 Å². The van der Waals surface area contributed by atoms with Crippen LogP contribution in [0.4, 0.5) is 22.0 Å². The molecule has 3 rings (SSSR count). The van der Waals surface area contributed by atoms with Gasteiger partial charge in [-0.15, -0.1) is 0 Å². The summed E-state index contributed by atoms with van der Waals surface area (Å²) in [5, 5.41) is 0. The highest BCUT2D eigenvalue weighted by molar-refractivity contribution is 5.42. The second kappa shape index (κ2) is 10.1. The average molecular weight is 465 g/mol. The highest BCUT2D eigenvalue weighted by Crippen LogP contribution is 2.42. The van der Waals surface area contributed by atoms with Crippen LogP contribution in [0.1, 0.15) is 67.2 Å². The van der Waals surface area contributed by atoms with E-state index in [-0.39, 0.29) is 11.5 Å². The number of allylic oxidation sites excluding steroid dienone is 3. The predicted octanol–water partition coefficient (Wildman–Crippen LogP) is 8.65. The van der Waals surface area contributed by atoms with Crippen LogP contribution in [0.15, 0.2) is 48.6 Å². The molecule has 0 heterocycles. The van der Waals surface area contributed by atoms with E-state index in [1.165, 1.54) is 0 Å². The summed E-state index contributed by atoms with van der Waals surface area (Å²) in [5.41, 5.74) is 2.44. The van der Waals surface area contributed by atoms with E-state index >= 15 is 0 Å². The van der Waals surface area contributed by atoms with Gasteiger partial charge >= 0.3 is 6.11 Å². The molecule has 0 aliphatic heterocycles. The lowest BCUT2D eigenvalue weighted by molar-refractivity contribution is -0.186. The van der Waals surface area contributed by atoms with Crippen LogP contribution >= 0.6 is 0 Å². The summed E-state index contributed by atoms with van der Waals surface area (Å²) >= 11 is 0. The quantitative estimate of drug-likeness (QED) is 0.226. The molecule has 33 heavy (non-hydrogen) atoms. The number of hydrogen-bond acceptors (Lipinski definition) is 1. The van der Waals surface area contributed by atoms with Crippen LogP contribution in [-0.2, 0) is 6.11 Å². The first-order valence-corrected chi connectivity index (χ1v) is 11.2. The van der Waals surface area contributed by atoms with Crippen molar-refractivity contribution in [2.45, 2.75) is 64.9 Å². The number of ether oxygens (including phenoxy) is 1. The highest BCUT2D eigenvalue weighted by atomic mass is 19.3. The van der Waals surface area contributed by atoms with Crippen molar-refractivity contribution in [1.82, 2.24) is 0 Å². The summed E-state index contributed by atoms with van der Waals surface area (Å²) in [6.07, 6.45) is 5.22. The maximum absolute atomic E-state index is 15.0. The molecule has 0 unspecified atom stereocenters. The van der Waals surface area contributed by atoms with Crippen LogP contribution in [-0.4, -0.2) is 0 Å². The molecule has 1 saturated carbocycles. The van der Waals surface area contributed by atoms with Crippen molar-refractivity contribution in [3.8, 4) is 5.75 Å². The zero-order chi connectivity index (χ0) is 24.3. The lowest BCUT2D eigenvalue weighted by Gasteiger charge is -2.30. The van der Waals surface area contributed by atoms with E-state index in [0.717, 1.165) is 43.2 Å². The van der Waals surface area contributed by atoms with Crippen molar-refractivity contribution in [2.24, 2.45) is 5.92 Å². The van der Waals surface area contributed by atoms with E-state index in [2.05, 4.69) is 30.4 Å². The first kappa shape index (κ1) is 25.0. The van der Waals surface area contributed by atoms with Crippen LogP contribution in [0.2, 0.25) is 0 Å². The minimum Gasteiger partial charge on any atom is -0.429 e. The normalized spacial score (nSPS) is 19.2. The molecule has 178 valence electrons. The fourth-order valence-electron chi connectivity index (χ4n) is 4.68. The van der Waals surface area contributed by atoms with Crippen LogP contribution < -0.4 is 4.74 Å². The van der Waals surface area contributed by atoms with Crippen molar-refractivity contribution in [2.75, 3.05) is 0 Å². The van der Waals surface area contributed by atoms with E-state index in [9.17, 15) is 22.0 Å². The van der Waals surface area contributed by atoms with Crippen molar-refractivity contribution in [1.29, 1.82) is 0 Å². The molecule has 1 nitrogen and oxygen atoms in total. The molecule has 1 aliphatic rings. The third-order valence-electron chi connectivity index (χ3n) is 6.34. The van der Waals surface area contributed by atoms with Gasteiger partial charge in [-0.1, -0.05) is 43.4 Å². The van der Waals surface area contributed by atoms with Crippen LogP contribution in [0.3, 0.4) is 0 Å². The number of hydrogen-bond donors (Lipinski definition) is 0. The molecule has 0 amide bonds. The van der Waals surface area contributed by atoms with Gasteiger partial charge in [0.2, 0.25) is 0 Å². The molecule has 2 aromatic carbocycles. The Labute approximate surface area is 192 Å². The maximum atomic E-state index is 15.0. The molecule has 1 fully saturated rings. The summed E-state index contributed by atoms with van der Waals surface area (Å²) < 4.78 is 74.5. The molecule has 0 aromatic heterocycles. The molecule has 0 bridgehead atoms. The summed E-state index contributed by atoms with van der Waals surface area (Å²) in [7, 11) is 0. The third kappa shape index (κ3) is 5.66. The summed E-state index contributed by atoms with van der Waals surface area (Å²) in [6.45, 7) is 9.40. The van der Waals surface area contributed by atoms with Gasteiger partial charge in [0.1, 0.15) is 5.75 Å². The lowest BCUT2D eigenvalue weighted by atomic mass is 9.75. The Morgan fingerprint density at radius 3 is 2.06 bits per heavy atom. The van der Waals surface area contributed by atoms with E-state index in [1.54, 1.807) is 26.0 Å². The molecule has 0 saturated heterocycles. The van der Waals surface area contributed by atoms with Crippen LogP contribution in [0, 0.1) is 37.2 Å². The Hall–Kier alpha value is -2.63. The molecular formula is C27H29F5O. The van der Waals surface area contributed by atoms with Gasteiger partial charge in [0.25, 0.3) is 0 Å². The molecule has 0 spiro atoms. The number of halogens is 5. The average Bonchev–Trinajstić information content (AvgIpc) is 2.74. The van der Waals surface area contributed by atoms with Crippen molar-refractivity contribution >= 4 is 0 Å². The predicted molar refractivity (Wildman–Crippen MR) is 120 cm³/mol. The molecule has 0 radical (unpaired) electrons. The minimum atomic E-state index is -3.84. The number of benzene rings is 2. The van der Waals surface area contributed by atoms with Gasteiger partial charge in [0.15, 0.2) is 17.5 Å². The second-order valence-electron chi connectivity index (χ2n) is 8.78. The smallest absolute Gasteiger partial charge is 0.427 e. The first-order valence-electron chi connectivity index (χ1n) is 11.2. The number of alkyl halides is 2. The van der Waals surface area contributed by atoms with E-state index < -0.39 is 29.3 Å². The number of aryl methyl sites for hydroxylation is 2. The number of rotatable bonds is 7. The lowest BCUT2D eigenvalue weighted by Crippen LogP contribution is -2.25. The molecule has 0 N–H and O–H groups in total.